The van der Waals surface area contributed by atoms with Crippen molar-refractivity contribution in [1.82, 2.24) is 4.98 Å². The lowest BCUT2D eigenvalue weighted by molar-refractivity contribution is -0.134. The van der Waals surface area contributed by atoms with Gasteiger partial charge in [-0.25, -0.2) is 8.42 Å². The molecule has 0 unspecified atom stereocenters. The van der Waals surface area contributed by atoms with E-state index in [0.29, 0.717) is 5.69 Å². The van der Waals surface area contributed by atoms with Crippen molar-refractivity contribution in [1.29, 1.82) is 0 Å². The summed E-state index contributed by atoms with van der Waals surface area (Å²) < 4.78 is 27.8. The Bertz CT molecular complexity index is 782. The lowest BCUT2D eigenvalue weighted by atomic mass is 10.2. The van der Waals surface area contributed by atoms with Crippen LogP contribution in [0.5, 0.6) is 0 Å². The van der Waals surface area contributed by atoms with E-state index in [9.17, 15) is 18.0 Å². The molecule has 0 atom stereocenters. The predicted octanol–water partition coefficient (Wildman–Crippen LogP) is 0.779. The molecule has 8 nitrogen and oxygen atoms in total. The van der Waals surface area contributed by atoms with Gasteiger partial charge in [0.05, 0.1) is 0 Å². The largest absolute Gasteiger partial charge is 0.480 e. The van der Waals surface area contributed by atoms with E-state index in [2.05, 4.69) is 10.3 Å². The first kappa shape index (κ1) is 15.7. The molecule has 2 rings (SSSR count). The Morgan fingerprint density at radius 2 is 1.86 bits per heavy atom. The van der Waals surface area contributed by atoms with Crippen LogP contribution in [0.4, 0.5) is 6.01 Å². The van der Waals surface area contributed by atoms with Crippen molar-refractivity contribution in [2.24, 2.45) is 0 Å². The quantitative estimate of drug-likeness (QED) is 0.803. The zero-order valence-corrected chi connectivity index (χ0v) is 12.0. The maximum atomic E-state index is 11.6. The van der Waals surface area contributed by atoms with Gasteiger partial charge in [-0.3, -0.25) is 14.9 Å². The monoisotopic (exact) mass is 324 g/mol. The van der Waals surface area contributed by atoms with E-state index in [1.165, 1.54) is 6.26 Å². The number of hydrogen-bond donors (Lipinski definition) is 2. The number of rotatable bonds is 6. The number of benzene rings is 1. The van der Waals surface area contributed by atoms with Gasteiger partial charge in [0.15, 0.2) is 9.84 Å². The molecule has 0 saturated heterocycles. The molecule has 1 heterocycles. The van der Waals surface area contributed by atoms with E-state index in [1.54, 1.807) is 24.3 Å². The van der Waals surface area contributed by atoms with Crippen LogP contribution in [0.2, 0.25) is 0 Å². The van der Waals surface area contributed by atoms with Crippen molar-refractivity contribution in [2.45, 2.75) is 0 Å². The second-order valence-corrected chi connectivity index (χ2v) is 6.44. The summed E-state index contributed by atoms with van der Waals surface area (Å²) in [4.78, 5) is 25.9. The van der Waals surface area contributed by atoms with E-state index in [1.807, 2.05) is 6.07 Å². The van der Waals surface area contributed by atoms with Crippen LogP contribution in [-0.4, -0.2) is 41.9 Å². The molecule has 1 aromatic heterocycles. The van der Waals surface area contributed by atoms with E-state index in [-0.39, 0.29) is 6.01 Å². The summed E-state index contributed by atoms with van der Waals surface area (Å²) >= 11 is 0. The van der Waals surface area contributed by atoms with Crippen LogP contribution in [-0.2, 0) is 19.4 Å². The number of hydrogen-bond acceptors (Lipinski definition) is 6. The number of anilines is 1. The molecular weight excluding hydrogens is 312 g/mol. The molecule has 116 valence electrons. The lowest BCUT2D eigenvalue weighted by Crippen LogP contribution is -2.27. The van der Waals surface area contributed by atoms with E-state index in [0.717, 1.165) is 5.56 Å². The van der Waals surface area contributed by atoms with Crippen molar-refractivity contribution >= 4 is 27.7 Å². The first-order valence-corrected chi connectivity index (χ1v) is 7.91. The first-order chi connectivity index (χ1) is 10.4. The number of carbonyl (C=O) groups excluding carboxylic acids is 1. The fourth-order valence-corrected chi connectivity index (χ4v) is 2.62. The number of carbonyl (C=O) groups is 2. The standard InChI is InChI=1S/C13H12N2O6S/c16-11(7-22(19,20)8-12(17)18)15-13-14-10(6-21-13)9-4-2-1-3-5-9/h1-6H,7-8H2,(H,17,18)(H,14,15,16). The smallest absolute Gasteiger partial charge is 0.318 e. The van der Waals surface area contributed by atoms with Crippen molar-refractivity contribution < 1.29 is 27.5 Å². The third-order valence-electron chi connectivity index (χ3n) is 2.51. The second kappa shape index (κ2) is 6.39. The van der Waals surface area contributed by atoms with Gasteiger partial charge in [0.1, 0.15) is 23.5 Å². The highest BCUT2D eigenvalue weighted by molar-refractivity contribution is 7.92. The van der Waals surface area contributed by atoms with Gasteiger partial charge >= 0.3 is 12.0 Å². The van der Waals surface area contributed by atoms with Crippen LogP contribution in [0.3, 0.4) is 0 Å². The number of sulfone groups is 1. The van der Waals surface area contributed by atoms with Crippen molar-refractivity contribution in [3.63, 3.8) is 0 Å². The number of amides is 1. The molecule has 22 heavy (non-hydrogen) atoms. The number of oxazole rings is 1. The van der Waals surface area contributed by atoms with Gasteiger partial charge in [0.2, 0.25) is 5.91 Å². The maximum absolute atomic E-state index is 11.6. The average Bonchev–Trinajstić information content (AvgIpc) is 2.85. The van der Waals surface area contributed by atoms with Gasteiger partial charge in [-0.15, -0.1) is 0 Å². The van der Waals surface area contributed by atoms with Gasteiger partial charge in [-0.2, -0.15) is 4.98 Å². The van der Waals surface area contributed by atoms with Crippen LogP contribution in [0.1, 0.15) is 0 Å². The minimum absolute atomic E-state index is 0.158. The Morgan fingerprint density at radius 1 is 1.18 bits per heavy atom. The lowest BCUT2D eigenvalue weighted by Gasteiger charge is -2.01. The van der Waals surface area contributed by atoms with Crippen LogP contribution < -0.4 is 5.32 Å². The Balaban J connectivity index is 2.01. The number of aromatic nitrogens is 1. The van der Waals surface area contributed by atoms with E-state index < -0.39 is 33.2 Å². The van der Waals surface area contributed by atoms with Crippen molar-refractivity contribution in [3.8, 4) is 11.3 Å². The molecule has 0 fully saturated rings. The summed E-state index contributed by atoms with van der Waals surface area (Å²) in [6.45, 7) is 0. The van der Waals surface area contributed by atoms with Crippen LogP contribution >= 0.6 is 0 Å². The van der Waals surface area contributed by atoms with Crippen LogP contribution in [0.15, 0.2) is 41.0 Å². The number of carboxylic acid groups (broad SMARTS) is 1. The molecule has 0 aliphatic heterocycles. The summed E-state index contributed by atoms with van der Waals surface area (Å²) in [5.41, 5.74) is 1.24. The normalized spacial score (nSPS) is 11.1. The number of aliphatic carboxylic acids is 1. The Labute approximate surface area is 125 Å². The summed E-state index contributed by atoms with van der Waals surface area (Å²) in [6, 6.07) is 8.87. The van der Waals surface area contributed by atoms with Crippen LogP contribution in [0.25, 0.3) is 11.3 Å². The molecule has 1 aromatic carbocycles. The third-order valence-corrected chi connectivity index (χ3v) is 3.90. The van der Waals surface area contributed by atoms with Gasteiger partial charge in [-0.05, 0) is 0 Å². The molecule has 2 N–H and O–H groups in total. The fraction of sp³-hybridized carbons (Fsp3) is 0.154. The Morgan fingerprint density at radius 3 is 2.50 bits per heavy atom. The van der Waals surface area contributed by atoms with Gasteiger partial charge in [-0.1, -0.05) is 30.3 Å². The summed E-state index contributed by atoms with van der Waals surface area (Å²) in [7, 11) is -4.03. The minimum atomic E-state index is -4.03. The average molecular weight is 324 g/mol. The van der Waals surface area contributed by atoms with Gasteiger partial charge in [0.25, 0.3) is 0 Å². The van der Waals surface area contributed by atoms with Crippen molar-refractivity contribution in [3.05, 3.63) is 36.6 Å². The summed E-state index contributed by atoms with van der Waals surface area (Å²) in [6.07, 6.45) is 1.32. The molecule has 0 aliphatic carbocycles. The summed E-state index contributed by atoms with van der Waals surface area (Å²) in [5.74, 6) is -4.50. The molecular formula is C13H12N2O6S. The molecule has 0 bridgehead atoms. The number of carboxylic acids is 1. The molecule has 0 saturated carbocycles. The van der Waals surface area contributed by atoms with Gasteiger partial charge < -0.3 is 9.52 Å². The first-order valence-electron chi connectivity index (χ1n) is 6.09. The Kier molecular flexibility index (Phi) is 4.56. The maximum Gasteiger partial charge on any atom is 0.318 e. The zero-order valence-electron chi connectivity index (χ0n) is 11.2. The highest BCUT2D eigenvalue weighted by atomic mass is 32.2. The van der Waals surface area contributed by atoms with Crippen LogP contribution in [0, 0.1) is 0 Å². The molecule has 2 aromatic rings. The van der Waals surface area contributed by atoms with E-state index in [4.69, 9.17) is 9.52 Å². The fourth-order valence-electron chi connectivity index (χ4n) is 1.67. The minimum Gasteiger partial charge on any atom is -0.480 e. The molecule has 9 heteroatoms. The summed E-state index contributed by atoms with van der Waals surface area (Å²) in [5, 5.41) is 10.6. The molecule has 1 amide bonds. The predicted molar refractivity (Wildman–Crippen MR) is 76.9 cm³/mol. The SMILES string of the molecule is O=C(O)CS(=O)(=O)CC(=O)Nc1nc(-c2ccccc2)co1. The topological polar surface area (TPSA) is 127 Å². The molecule has 0 radical (unpaired) electrons. The van der Waals surface area contributed by atoms with Gasteiger partial charge in [0, 0.05) is 5.56 Å². The highest BCUT2D eigenvalue weighted by Crippen LogP contribution is 2.20. The van der Waals surface area contributed by atoms with E-state index >= 15 is 0 Å². The number of nitrogens with one attached hydrogen (secondary N) is 1. The molecule has 0 spiro atoms. The second-order valence-electron chi connectivity index (χ2n) is 4.38. The Hall–Kier alpha value is -2.68. The highest BCUT2D eigenvalue weighted by Gasteiger charge is 2.21. The third kappa shape index (κ3) is 4.42. The number of nitrogens with zero attached hydrogens (tertiary/aromatic N) is 1. The van der Waals surface area contributed by atoms with Crippen molar-refractivity contribution in [2.75, 3.05) is 16.8 Å². The molecule has 0 aliphatic rings. The zero-order chi connectivity index (χ0) is 16.2.